The molecule has 0 aromatic heterocycles. The van der Waals surface area contributed by atoms with E-state index in [0.717, 1.165) is 0 Å². The van der Waals surface area contributed by atoms with E-state index < -0.39 is 43.5 Å². The highest BCUT2D eigenvalue weighted by molar-refractivity contribution is 6.44. The van der Waals surface area contributed by atoms with Gasteiger partial charge in [-0.25, -0.2) is 0 Å². The van der Waals surface area contributed by atoms with Gasteiger partial charge in [-0.2, -0.15) is 0 Å². The molecule has 37 heavy (non-hydrogen) atoms. The Bertz CT molecular complexity index is 996. The van der Waals surface area contributed by atoms with Gasteiger partial charge in [0.2, 0.25) is 0 Å². The molecule has 0 amide bonds. The van der Waals surface area contributed by atoms with E-state index in [9.17, 15) is 14.4 Å². The summed E-state index contributed by atoms with van der Waals surface area (Å²) in [5.74, 6) is -2.83. The van der Waals surface area contributed by atoms with Gasteiger partial charge in [0.25, 0.3) is 0 Å². The van der Waals surface area contributed by atoms with Gasteiger partial charge in [0, 0.05) is 21.3 Å². The predicted octanol–water partition coefficient (Wildman–Crippen LogP) is 3.76. The van der Waals surface area contributed by atoms with Gasteiger partial charge < -0.3 is 28.2 Å². The molecule has 0 N–H and O–H groups in total. The molecule has 9 nitrogen and oxygen atoms in total. The highest BCUT2D eigenvalue weighted by atomic mass is 16.8. The van der Waals surface area contributed by atoms with Gasteiger partial charge in [-0.15, -0.1) is 0 Å². The Labute approximate surface area is 215 Å². The van der Waals surface area contributed by atoms with Crippen LogP contribution < -0.4 is 0 Å². The normalized spacial score (nSPS) is 13.1. The number of carbonyl (C=O) groups excluding carboxylic acids is 3. The molecule has 0 radical (unpaired) electrons. The van der Waals surface area contributed by atoms with Crippen LogP contribution in [0.1, 0.15) is 35.0 Å². The fourth-order valence-electron chi connectivity index (χ4n) is 3.53. The van der Waals surface area contributed by atoms with E-state index >= 15 is 0 Å². The van der Waals surface area contributed by atoms with Crippen molar-refractivity contribution in [3.05, 3.63) is 108 Å². The van der Waals surface area contributed by atoms with E-state index in [4.69, 9.17) is 28.2 Å². The first-order valence-electron chi connectivity index (χ1n) is 11.3. The minimum absolute atomic E-state index is 0.490. The predicted molar refractivity (Wildman–Crippen MR) is 133 cm³/mol. The number of carbonyl (C=O) groups is 3. The lowest BCUT2D eigenvalue weighted by molar-refractivity contribution is -0.160. The van der Waals surface area contributed by atoms with Crippen molar-refractivity contribution in [2.45, 2.75) is 18.3 Å². The number of methoxy groups -OCH3 is 3. The van der Waals surface area contributed by atoms with Gasteiger partial charge in [0.05, 0.1) is 0 Å². The van der Waals surface area contributed by atoms with Crippen LogP contribution in [0.15, 0.2) is 91.0 Å². The molecule has 0 fully saturated rings. The van der Waals surface area contributed by atoms with Gasteiger partial charge in [-0.3, -0.25) is 14.4 Å². The van der Waals surface area contributed by atoms with Gasteiger partial charge in [0.1, 0.15) is 0 Å². The smallest absolute Gasteiger partial charge is 0.460 e. The Morgan fingerprint density at radius 2 is 0.730 bits per heavy atom. The molecule has 0 aliphatic carbocycles. The maximum absolute atomic E-state index is 13.0. The zero-order valence-electron chi connectivity index (χ0n) is 20.6. The molecule has 3 aromatic rings. The molecule has 0 bridgehead atoms. The van der Waals surface area contributed by atoms with Gasteiger partial charge >= 0.3 is 25.2 Å². The molecule has 192 valence electrons. The summed E-state index contributed by atoms with van der Waals surface area (Å²) in [6, 6.07) is 25.6. The Balaban J connectivity index is 1.83. The summed E-state index contributed by atoms with van der Waals surface area (Å²) in [5.41, 5.74) is 1.47. The zero-order chi connectivity index (χ0) is 26.6. The summed E-state index contributed by atoms with van der Waals surface area (Å²) in [4.78, 5) is 38.9. The van der Waals surface area contributed by atoms with E-state index in [1.807, 2.05) is 0 Å². The second-order valence-corrected chi connectivity index (χ2v) is 7.68. The average molecular weight is 506 g/mol. The van der Waals surface area contributed by atoms with Crippen LogP contribution in [0.4, 0.5) is 0 Å². The van der Waals surface area contributed by atoms with Crippen molar-refractivity contribution >= 4 is 25.2 Å². The molecule has 3 unspecified atom stereocenters. The second kappa shape index (κ2) is 13.9. The molecule has 0 saturated carbocycles. The molecule has 0 saturated heterocycles. The van der Waals surface area contributed by atoms with Crippen LogP contribution in [0.2, 0.25) is 0 Å². The fourth-order valence-corrected chi connectivity index (χ4v) is 3.53. The lowest BCUT2D eigenvalue weighted by Crippen LogP contribution is -2.39. The molecule has 0 heterocycles. The van der Waals surface area contributed by atoms with Crippen LogP contribution in [0.3, 0.4) is 0 Å². The number of rotatable bonds is 12. The van der Waals surface area contributed by atoms with Crippen molar-refractivity contribution < 1.29 is 42.6 Å². The minimum Gasteiger partial charge on any atom is -0.460 e. The molecule has 3 rings (SSSR count). The van der Waals surface area contributed by atoms with E-state index in [0.29, 0.717) is 16.7 Å². The SMILES string of the molecule is COC(C(=O)OB(OC(=O)C(OC)c1ccccc1)OC(=O)C(OC)c1ccccc1)c1ccccc1. The maximum atomic E-state index is 13.0. The maximum Gasteiger partial charge on any atom is 0.870 e. The summed E-state index contributed by atoms with van der Waals surface area (Å²) in [6.07, 6.45) is -3.50. The summed E-state index contributed by atoms with van der Waals surface area (Å²) in [5, 5.41) is 0. The van der Waals surface area contributed by atoms with Gasteiger partial charge in [-0.05, 0) is 16.7 Å². The molecule has 3 aromatic carbocycles. The molecule has 0 spiro atoms. The standard InChI is InChI=1S/C27H27BO9/c1-32-22(19-13-7-4-8-14-19)25(29)35-28(36-26(30)23(33-2)20-15-9-5-10-16-20)37-27(31)24(34-3)21-17-11-6-12-18-21/h4-18,22-24H,1-3H3. The molecule has 0 aliphatic heterocycles. The Kier molecular flexibility index (Phi) is 10.4. The highest BCUT2D eigenvalue weighted by Crippen LogP contribution is 2.23. The van der Waals surface area contributed by atoms with Crippen molar-refractivity contribution in [3.8, 4) is 0 Å². The zero-order valence-corrected chi connectivity index (χ0v) is 20.6. The van der Waals surface area contributed by atoms with Crippen molar-refractivity contribution in [1.29, 1.82) is 0 Å². The van der Waals surface area contributed by atoms with Crippen LogP contribution in [-0.2, 0) is 42.6 Å². The molecule has 3 atom stereocenters. The quantitative estimate of drug-likeness (QED) is 0.340. The van der Waals surface area contributed by atoms with Crippen molar-refractivity contribution in [2.75, 3.05) is 21.3 Å². The number of hydrogen-bond acceptors (Lipinski definition) is 9. The van der Waals surface area contributed by atoms with Crippen LogP contribution in [0.25, 0.3) is 0 Å². The van der Waals surface area contributed by atoms with E-state index in [1.54, 1.807) is 91.0 Å². The Morgan fingerprint density at radius 3 is 0.946 bits per heavy atom. The van der Waals surface area contributed by atoms with Crippen LogP contribution in [-0.4, -0.2) is 46.6 Å². The minimum atomic E-state index is -2.04. The van der Waals surface area contributed by atoms with E-state index in [2.05, 4.69) is 0 Å². The lowest BCUT2D eigenvalue weighted by Gasteiger charge is -2.21. The summed E-state index contributed by atoms with van der Waals surface area (Å²) in [6.45, 7) is 0. The topological polar surface area (TPSA) is 107 Å². The summed E-state index contributed by atoms with van der Waals surface area (Å²) >= 11 is 0. The first kappa shape index (κ1) is 27.6. The Hall–Kier alpha value is -3.99. The average Bonchev–Trinajstić information content (AvgIpc) is 2.91. The first-order valence-corrected chi connectivity index (χ1v) is 11.3. The highest BCUT2D eigenvalue weighted by Gasteiger charge is 2.42. The molecule has 0 aliphatic rings. The van der Waals surface area contributed by atoms with Gasteiger partial charge in [-0.1, -0.05) is 91.0 Å². The van der Waals surface area contributed by atoms with Crippen molar-refractivity contribution in [1.82, 2.24) is 0 Å². The van der Waals surface area contributed by atoms with Crippen LogP contribution >= 0.6 is 0 Å². The number of benzene rings is 3. The van der Waals surface area contributed by atoms with Crippen LogP contribution in [0.5, 0.6) is 0 Å². The van der Waals surface area contributed by atoms with E-state index in [-0.39, 0.29) is 0 Å². The largest absolute Gasteiger partial charge is 0.870 e. The van der Waals surface area contributed by atoms with Gasteiger partial charge in [0.15, 0.2) is 18.3 Å². The third-order valence-corrected chi connectivity index (χ3v) is 5.29. The first-order chi connectivity index (χ1) is 18.0. The third-order valence-electron chi connectivity index (χ3n) is 5.29. The monoisotopic (exact) mass is 506 g/mol. The van der Waals surface area contributed by atoms with Crippen LogP contribution in [0, 0.1) is 0 Å². The molecule has 10 heteroatoms. The van der Waals surface area contributed by atoms with E-state index in [1.165, 1.54) is 21.3 Å². The number of hydrogen-bond donors (Lipinski definition) is 0. The summed E-state index contributed by atoms with van der Waals surface area (Å²) < 4.78 is 31.7. The number of ether oxygens (including phenoxy) is 3. The fraction of sp³-hybridized carbons (Fsp3) is 0.222. The third kappa shape index (κ3) is 7.50. The Morgan fingerprint density at radius 1 is 0.486 bits per heavy atom. The second-order valence-electron chi connectivity index (χ2n) is 7.68. The molecular weight excluding hydrogens is 479 g/mol. The lowest BCUT2D eigenvalue weighted by atomic mass is 10.1. The molecular formula is C27H27BO9. The summed E-state index contributed by atoms with van der Waals surface area (Å²) in [7, 11) is 1.91. The van der Waals surface area contributed by atoms with Crippen molar-refractivity contribution in [2.24, 2.45) is 0 Å². The van der Waals surface area contributed by atoms with Crippen molar-refractivity contribution in [3.63, 3.8) is 0 Å².